The van der Waals surface area contributed by atoms with E-state index < -0.39 is 8.07 Å². The van der Waals surface area contributed by atoms with Crippen molar-refractivity contribution in [2.45, 2.75) is 51.2 Å². The largest absolute Gasteiger partial charge is 0.492 e. The summed E-state index contributed by atoms with van der Waals surface area (Å²) in [5, 5.41) is 1.32. The van der Waals surface area contributed by atoms with Gasteiger partial charge in [-0.25, -0.2) is 0 Å². The fraction of sp³-hybridized carbons (Fsp3) is 0.417. The van der Waals surface area contributed by atoms with Crippen molar-refractivity contribution in [1.29, 1.82) is 0 Å². The smallest absolute Gasteiger partial charge is 0.123 e. The molecule has 4 rings (SSSR count). The summed E-state index contributed by atoms with van der Waals surface area (Å²) >= 11 is 0. The minimum atomic E-state index is -1.06. The lowest BCUT2D eigenvalue weighted by atomic mass is 9.79. The molecule has 2 heterocycles. The zero-order valence-corrected chi connectivity index (χ0v) is 18.5. The molecule has 0 saturated carbocycles. The van der Waals surface area contributed by atoms with E-state index in [0.717, 1.165) is 25.4 Å². The highest BCUT2D eigenvalue weighted by molar-refractivity contribution is 6.76. The summed E-state index contributed by atoms with van der Waals surface area (Å²) in [5.74, 6) is 1.03. The lowest BCUT2D eigenvalue weighted by Gasteiger charge is -2.22. The van der Waals surface area contributed by atoms with Crippen LogP contribution in [0, 0.1) is 0 Å². The molecule has 0 N–H and O–H groups in total. The van der Waals surface area contributed by atoms with Crippen LogP contribution in [0.25, 0.3) is 10.9 Å². The number of nitrogens with zero attached hydrogens (tertiary/aromatic N) is 1. The average Bonchev–Trinajstić information content (AvgIpc) is 3.17. The first-order valence-corrected chi connectivity index (χ1v) is 13.9. The first-order chi connectivity index (χ1) is 13.4. The van der Waals surface area contributed by atoms with Crippen LogP contribution in [0.1, 0.15) is 18.1 Å². The van der Waals surface area contributed by atoms with Gasteiger partial charge in [0.25, 0.3) is 0 Å². The molecule has 0 fully saturated rings. The zero-order valence-electron chi connectivity index (χ0n) is 17.5. The van der Waals surface area contributed by atoms with Gasteiger partial charge >= 0.3 is 0 Å². The Hall–Kier alpha value is -2.04. The van der Waals surface area contributed by atoms with Crippen LogP contribution >= 0.6 is 0 Å². The van der Waals surface area contributed by atoms with Gasteiger partial charge < -0.3 is 14.0 Å². The second kappa shape index (κ2) is 7.41. The van der Waals surface area contributed by atoms with E-state index in [1.165, 1.54) is 28.1 Å². The van der Waals surface area contributed by atoms with Crippen LogP contribution in [0.15, 0.2) is 54.7 Å². The van der Waals surface area contributed by atoms with Crippen molar-refractivity contribution < 1.29 is 9.47 Å². The van der Waals surface area contributed by atoms with Gasteiger partial charge in [-0.3, -0.25) is 0 Å². The van der Waals surface area contributed by atoms with Gasteiger partial charge in [0.1, 0.15) is 12.5 Å². The molecule has 0 amide bonds. The van der Waals surface area contributed by atoms with Crippen molar-refractivity contribution in [3.63, 3.8) is 0 Å². The Balaban J connectivity index is 1.57. The highest BCUT2D eigenvalue weighted by atomic mass is 28.3. The number of hydrogen-bond acceptors (Lipinski definition) is 2. The van der Waals surface area contributed by atoms with Crippen LogP contribution in [-0.2, 0) is 23.3 Å². The van der Waals surface area contributed by atoms with Crippen LogP contribution in [0.3, 0.4) is 0 Å². The summed E-state index contributed by atoms with van der Waals surface area (Å²) in [6, 6.07) is 18.3. The molecule has 3 nitrogen and oxygen atoms in total. The molecule has 0 bridgehead atoms. The Morgan fingerprint density at radius 3 is 2.64 bits per heavy atom. The van der Waals surface area contributed by atoms with Crippen molar-refractivity contribution in [2.24, 2.45) is 0 Å². The summed E-state index contributed by atoms with van der Waals surface area (Å²) in [4.78, 5) is 0. The van der Waals surface area contributed by atoms with Gasteiger partial charge in [-0.15, -0.1) is 0 Å². The minimum Gasteiger partial charge on any atom is -0.492 e. The van der Waals surface area contributed by atoms with Gasteiger partial charge in [0, 0.05) is 37.2 Å². The number of fused-ring (bicyclic) bond motifs is 2. The topological polar surface area (TPSA) is 23.4 Å². The Kier molecular flexibility index (Phi) is 5.10. The van der Waals surface area contributed by atoms with E-state index in [2.05, 4.69) is 79.8 Å². The second-order valence-corrected chi connectivity index (χ2v) is 15.1. The van der Waals surface area contributed by atoms with Gasteiger partial charge in [0.15, 0.2) is 0 Å². The highest BCUT2D eigenvalue weighted by Crippen LogP contribution is 2.41. The SMILES string of the molecule is CC1(Cc2cn(COCC[Si](C)(C)C)c3ccccc23)COc2ccccc21. The van der Waals surface area contributed by atoms with Crippen LogP contribution in [-0.4, -0.2) is 25.9 Å². The lowest BCUT2D eigenvalue weighted by Crippen LogP contribution is -2.26. The van der Waals surface area contributed by atoms with Gasteiger partial charge in [0.2, 0.25) is 0 Å². The predicted molar refractivity (Wildman–Crippen MR) is 119 cm³/mol. The number of ether oxygens (including phenoxy) is 2. The van der Waals surface area contributed by atoms with Gasteiger partial charge in [-0.2, -0.15) is 0 Å². The van der Waals surface area contributed by atoms with E-state index in [0.29, 0.717) is 6.73 Å². The average molecular weight is 394 g/mol. The van der Waals surface area contributed by atoms with Crippen molar-refractivity contribution in [3.05, 3.63) is 65.9 Å². The van der Waals surface area contributed by atoms with Crippen molar-refractivity contribution >= 4 is 19.0 Å². The zero-order chi connectivity index (χ0) is 19.8. The lowest BCUT2D eigenvalue weighted by molar-refractivity contribution is 0.0901. The third-order valence-electron chi connectivity index (χ3n) is 5.76. The van der Waals surface area contributed by atoms with E-state index in [-0.39, 0.29) is 5.41 Å². The molecular weight excluding hydrogens is 362 g/mol. The molecule has 0 radical (unpaired) electrons. The quantitative estimate of drug-likeness (QED) is 0.371. The van der Waals surface area contributed by atoms with Crippen LogP contribution < -0.4 is 4.74 Å². The van der Waals surface area contributed by atoms with Crippen molar-refractivity contribution in [3.8, 4) is 5.75 Å². The molecule has 4 heteroatoms. The fourth-order valence-electron chi connectivity index (χ4n) is 4.08. The maximum atomic E-state index is 6.04. The Morgan fingerprint density at radius 2 is 1.82 bits per heavy atom. The Morgan fingerprint density at radius 1 is 1.07 bits per heavy atom. The molecule has 1 unspecified atom stereocenters. The van der Waals surface area contributed by atoms with E-state index in [1.807, 2.05) is 6.07 Å². The van der Waals surface area contributed by atoms with Crippen molar-refractivity contribution in [1.82, 2.24) is 4.57 Å². The van der Waals surface area contributed by atoms with Crippen LogP contribution in [0.2, 0.25) is 25.7 Å². The molecule has 1 atom stereocenters. The highest BCUT2D eigenvalue weighted by Gasteiger charge is 2.36. The fourth-order valence-corrected chi connectivity index (χ4v) is 4.84. The minimum absolute atomic E-state index is 0.00421. The van der Waals surface area contributed by atoms with E-state index in [4.69, 9.17) is 9.47 Å². The standard InChI is InChI=1S/C24H31NO2Si/c1-24(17-27-23-12-8-6-10-21(23)24)15-19-16-25(18-26-13-14-28(2,3)4)22-11-7-5-9-20(19)22/h5-12,16H,13-15,17-18H2,1-4H3. The third-order valence-corrected chi connectivity index (χ3v) is 7.47. The summed E-state index contributed by atoms with van der Waals surface area (Å²) in [5.41, 5.74) is 3.94. The van der Waals surface area contributed by atoms with Gasteiger partial charge in [0.05, 0.1) is 12.1 Å². The molecule has 0 aliphatic carbocycles. The Labute approximate surface area is 169 Å². The number of hydrogen-bond donors (Lipinski definition) is 0. The van der Waals surface area contributed by atoms with Crippen LogP contribution in [0.5, 0.6) is 5.75 Å². The van der Waals surface area contributed by atoms with Gasteiger partial charge in [-0.1, -0.05) is 63.0 Å². The molecule has 0 saturated heterocycles. The summed E-state index contributed by atoms with van der Waals surface area (Å²) < 4.78 is 14.3. The molecule has 1 aliphatic rings. The summed E-state index contributed by atoms with van der Waals surface area (Å²) in [6.45, 7) is 11.7. The predicted octanol–water partition coefficient (Wildman–Crippen LogP) is 5.85. The first-order valence-electron chi connectivity index (χ1n) is 10.2. The number of benzene rings is 2. The number of aromatic nitrogens is 1. The normalized spacial score (nSPS) is 19.0. The van der Waals surface area contributed by atoms with Crippen LogP contribution in [0.4, 0.5) is 0 Å². The molecule has 28 heavy (non-hydrogen) atoms. The van der Waals surface area contributed by atoms with E-state index >= 15 is 0 Å². The molecule has 2 aromatic carbocycles. The molecule has 1 aromatic heterocycles. The maximum Gasteiger partial charge on any atom is 0.123 e. The molecule has 0 spiro atoms. The monoisotopic (exact) mass is 393 g/mol. The summed E-state index contributed by atoms with van der Waals surface area (Å²) in [6.07, 6.45) is 3.25. The molecule has 148 valence electrons. The molecule has 1 aliphatic heterocycles. The maximum absolute atomic E-state index is 6.04. The number of rotatable bonds is 7. The van der Waals surface area contributed by atoms with E-state index in [1.54, 1.807) is 0 Å². The third kappa shape index (κ3) is 3.89. The second-order valence-electron chi connectivity index (χ2n) is 9.51. The summed E-state index contributed by atoms with van der Waals surface area (Å²) in [7, 11) is -1.06. The van der Waals surface area contributed by atoms with Crippen molar-refractivity contribution in [2.75, 3.05) is 13.2 Å². The Bertz CT molecular complexity index is 972. The number of para-hydroxylation sites is 2. The van der Waals surface area contributed by atoms with Gasteiger partial charge in [-0.05, 0) is 30.2 Å². The molecule has 3 aromatic rings. The molecular formula is C24H31NO2Si. The van der Waals surface area contributed by atoms with E-state index in [9.17, 15) is 0 Å². The first kappa shape index (κ1) is 19.3.